The highest BCUT2D eigenvalue weighted by atomic mass is 16.5. The van der Waals surface area contributed by atoms with Crippen molar-refractivity contribution in [2.24, 2.45) is 5.92 Å². The smallest absolute Gasteiger partial charge is 0.125 e. The summed E-state index contributed by atoms with van der Waals surface area (Å²) in [5.41, 5.74) is 0.870. The van der Waals surface area contributed by atoms with E-state index in [1.165, 1.54) is 38.5 Å². The van der Waals surface area contributed by atoms with E-state index in [9.17, 15) is 5.11 Å². The van der Waals surface area contributed by atoms with Gasteiger partial charge in [0.05, 0.1) is 13.2 Å². The Balaban J connectivity index is 1.77. The van der Waals surface area contributed by atoms with E-state index < -0.39 is 6.10 Å². The van der Waals surface area contributed by atoms with Crippen molar-refractivity contribution in [3.05, 3.63) is 23.8 Å². The number of aliphatic hydroxyl groups excluding tert-OH is 1. The lowest BCUT2D eigenvalue weighted by atomic mass is 9.87. The molecule has 0 spiro atoms. The van der Waals surface area contributed by atoms with Gasteiger partial charge >= 0.3 is 0 Å². The van der Waals surface area contributed by atoms with Gasteiger partial charge in [0.1, 0.15) is 17.6 Å². The first-order valence-corrected chi connectivity index (χ1v) is 7.80. The van der Waals surface area contributed by atoms with Gasteiger partial charge in [0.15, 0.2) is 0 Å². The van der Waals surface area contributed by atoms with Crippen LogP contribution >= 0.6 is 0 Å². The SMILES string of the molecule is COc1ccc2c(c1)[C@@H](O)CC(C1CCCCCC1)O2. The molecule has 1 saturated carbocycles. The second-order valence-electron chi connectivity index (χ2n) is 6.06. The highest BCUT2D eigenvalue weighted by Crippen LogP contribution is 2.41. The van der Waals surface area contributed by atoms with Crippen LogP contribution in [0.5, 0.6) is 11.5 Å². The predicted molar refractivity (Wildman–Crippen MR) is 78.2 cm³/mol. The molecule has 1 aromatic rings. The summed E-state index contributed by atoms with van der Waals surface area (Å²) in [5, 5.41) is 10.4. The first-order chi connectivity index (χ1) is 9.78. The molecule has 0 saturated heterocycles. The minimum Gasteiger partial charge on any atom is -0.497 e. The third-order valence-electron chi connectivity index (χ3n) is 4.74. The van der Waals surface area contributed by atoms with Crippen molar-refractivity contribution in [2.75, 3.05) is 7.11 Å². The van der Waals surface area contributed by atoms with Gasteiger partial charge in [0, 0.05) is 12.0 Å². The molecular weight excluding hydrogens is 252 g/mol. The van der Waals surface area contributed by atoms with Crippen molar-refractivity contribution < 1.29 is 14.6 Å². The summed E-state index contributed by atoms with van der Waals surface area (Å²) in [4.78, 5) is 0. The standard InChI is InChI=1S/C17H24O3/c1-19-13-8-9-16-14(10-13)15(18)11-17(20-16)12-6-4-2-3-5-7-12/h8-10,12,15,17-18H,2-7,11H2,1H3/t15-,17?/m0/s1. The number of aliphatic hydroxyl groups is 1. The molecule has 1 aliphatic heterocycles. The molecule has 1 N–H and O–H groups in total. The molecule has 110 valence electrons. The fourth-order valence-electron chi connectivity index (χ4n) is 3.55. The molecule has 0 radical (unpaired) electrons. The zero-order valence-electron chi connectivity index (χ0n) is 12.2. The first-order valence-electron chi connectivity index (χ1n) is 7.80. The summed E-state index contributed by atoms with van der Waals surface area (Å²) < 4.78 is 11.4. The van der Waals surface area contributed by atoms with E-state index in [1.54, 1.807) is 7.11 Å². The van der Waals surface area contributed by atoms with Gasteiger partial charge in [-0.2, -0.15) is 0 Å². The quantitative estimate of drug-likeness (QED) is 0.834. The van der Waals surface area contributed by atoms with E-state index >= 15 is 0 Å². The molecule has 20 heavy (non-hydrogen) atoms. The van der Waals surface area contributed by atoms with Gasteiger partial charge in [-0.15, -0.1) is 0 Å². The van der Waals surface area contributed by atoms with Crippen LogP contribution in [0, 0.1) is 5.92 Å². The van der Waals surface area contributed by atoms with Gasteiger partial charge in [-0.3, -0.25) is 0 Å². The van der Waals surface area contributed by atoms with Crippen LogP contribution < -0.4 is 9.47 Å². The molecule has 1 heterocycles. The van der Waals surface area contributed by atoms with Crippen LogP contribution in [0.4, 0.5) is 0 Å². The maximum atomic E-state index is 10.4. The zero-order valence-corrected chi connectivity index (χ0v) is 12.2. The predicted octanol–water partition coefficient (Wildman–Crippen LogP) is 3.85. The summed E-state index contributed by atoms with van der Waals surface area (Å²) in [7, 11) is 1.64. The maximum Gasteiger partial charge on any atom is 0.125 e. The van der Waals surface area contributed by atoms with Crippen LogP contribution in [0.1, 0.15) is 56.6 Å². The Hall–Kier alpha value is -1.22. The normalized spacial score (nSPS) is 27.3. The number of rotatable bonds is 2. The Labute approximate surface area is 120 Å². The molecule has 0 amide bonds. The van der Waals surface area contributed by atoms with Crippen LogP contribution in [0.25, 0.3) is 0 Å². The fourth-order valence-corrected chi connectivity index (χ4v) is 3.55. The van der Waals surface area contributed by atoms with Crippen molar-refractivity contribution in [1.82, 2.24) is 0 Å². The third kappa shape index (κ3) is 2.78. The summed E-state index contributed by atoms with van der Waals surface area (Å²) in [6.07, 6.45) is 8.23. The number of methoxy groups -OCH3 is 1. The molecule has 3 nitrogen and oxygen atoms in total. The van der Waals surface area contributed by atoms with Crippen molar-refractivity contribution in [1.29, 1.82) is 0 Å². The van der Waals surface area contributed by atoms with Crippen molar-refractivity contribution in [2.45, 2.75) is 57.2 Å². The molecule has 1 unspecified atom stereocenters. The van der Waals surface area contributed by atoms with Crippen molar-refractivity contribution in [3.8, 4) is 11.5 Å². The molecule has 3 heteroatoms. The van der Waals surface area contributed by atoms with Crippen LogP contribution in [0.15, 0.2) is 18.2 Å². The Morgan fingerprint density at radius 3 is 2.60 bits per heavy atom. The molecule has 3 rings (SSSR count). The van der Waals surface area contributed by atoms with Crippen LogP contribution in [-0.4, -0.2) is 18.3 Å². The van der Waals surface area contributed by atoms with Gasteiger partial charge in [-0.25, -0.2) is 0 Å². The topological polar surface area (TPSA) is 38.7 Å². The van der Waals surface area contributed by atoms with Crippen molar-refractivity contribution in [3.63, 3.8) is 0 Å². The molecule has 2 atom stereocenters. The first kappa shape index (κ1) is 13.7. The van der Waals surface area contributed by atoms with E-state index in [0.717, 1.165) is 17.1 Å². The molecule has 1 fully saturated rings. The minimum absolute atomic E-state index is 0.170. The minimum atomic E-state index is -0.429. The van der Waals surface area contributed by atoms with Gasteiger partial charge < -0.3 is 14.6 Å². The Kier molecular flexibility index (Phi) is 4.16. The second-order valence-corrected chi connectivity index (χ2v) is 6.06. The maximum absolute atomic E-state index is 10.4. The summed E-state index contributed by atoms with van der Waals surface area (Å²) >= 11 is 0. The van der Waals surface area contributed by atoms with E-state index in [4.69, 9.17) is 9.47 Å². The Bertz CT molecular complexity index is 450. The van der Waals surface area contributed by atoms with Crippen LogP contribution in [-0.2, 0) is 0 Å². The van der Waals surface area contributed by atoms with Gasteiger partial charge in [-0.1, -0.05) is 25.7 Å². The van der Waals surface area contributed by atoms with Crippen LogP contribution in [0.2, 0.25) is 0 Å². The third-order valence-corrected chi connectivity index (χ3v) is 4.74. The highest BCUT2D eigenvalue weighted by Gasteiger charge is 2.32. The van der Waals surface area contributed by atoms with Gasteiger partial charge in [0.2, 0.25) is 0 Å². The Morgan fingerprint density at radius 2 is 1.90 bits per heavy atom. The number of fused-ring (bicyclic) bond motifs is 1. The molecule has 1 aliphatic carbocycles. The highest BCUT2D eigenvalue weighted by molar-refractivity contribution is 5.43. The number of hydrogen-bond acceptors (Lipinski definition) is 3. The summed E-state index contributed by atoms with van der Waals surface area (Å²) in [6, 6.07) is 5.73. The molecule has 0 aromatic heterocycles. The zero-order chi connectivity index (χ0) is 13.9. The average Bonchev–Trinajstić information content (AvgIpc) is 2.76. The molecule has 0 bridgehead atoms. The van der Waals surface area contributed by atoms with Crippen molar-refractivity contribution >= 4 is 0 Å². The largest absolute Gasteiger partial charge is 0.497 e. The van der Waals surface area contributed by atoms with E-state index in [0.29, 0.717) is 12.3 Å². The number of ether oxygens (including phenoxy) is 2. The van der Waals surface area contributed by atoms with E-state index in [2.05, 4.69) is 0 Å². The lowest BCUT2D eigenvalue weighted by Gasteiger charge is -2.34. The van der Waals surface area contributed by atoms with E-state index in [1.807, 2.05) is 18.2 Å². The Morgan fingerprint density at radius 1 is 1.15 bits per heavy atom. The number of benzene rings is 1. The van der Waals surface area contributed by atoms with Gasteiger partial charge in [0.25, 0.3) is 0 Å². The summed E-state index contributed by atoms with van der Waals surface area (Å²) in [6.45, 7) is 0. The lowest BCUT2D eigenvalue weighted by molar-refractivity contribution is 0.0295. The van der Waals surface area contributed by atoms with E-state index in [-0.39, 0.29) is 6.10 Å². The lowest BCUT2D eigenvalue weighted by Crippen LogP contribution is -2.32. The summed E-state index contributed by atoms with van der Waals surface area (Å²) in [5.74, 6) is 2.21. The number of hydrogen-bond donors (Lipinski definition) is 1. The molecular formula is C17H24O3. The van der Waals surface area contributed by atoms with Gasteiger partial charge in [-0.05, 0) is 37.0 Å². The molecule has 2 aliphatic rings. The fraction of sp³-hybridized carbons (Fsp3) is 0.647. The molecule has 1 aromatic carbocycles. The van der Waals surface area contributed by atoms with Crippen LogP contribution in [0.3, 0.4) is 0 Å². The second kappa shape index (κ2) is 6.04. The monoisotopic (exact) mass is 276 g/mol. The average molecular weight is 276 g/mol.